The summed E-state index contributed by atoms with van der Waals surface area (Å²) in [6.07, 6.45) is 0.655. The molecule has 39 heavy (non-hydrogen) atoms. The Kier molecular flexibility index (Phi) is 6.99. The molecule has 5 rings (SSSR count). The fraction of sp³-hybridized carbons (Fsp3) is 0.143. The number of pyridine rings is 1. The highest BCUT2D eigenvalue weighted by atomic mass is 19.4. The van der Waals surface area contributed by atoms with Gasteiger partial charge in [0, 0.05) is 47.6 Å². The maximum atomic E-state index is 13.1. The molecule has 0 fully saturated rings. The molecule has 1 amide bonds. The molecule has 0 saturated heterocycles. The summed E-state index contributed by atoms with van der Waals surface area (Å²) < 4.78 is 39.3. The molecule has 11 heteroatoms. The Hall–Kier alpha value is -4.77. The smallest absolute Gasteiger partial charge is 0.358 e. The molecule has 5 aromatic rings. The van der Waals surface area contributed by atoms with Crippen molar-refractivity contribution in [3.05, 3.63) is 95.9 Å². The zero-order valence-corrected chi connectivity index (χ0v) is 21.0. The number of nitrogens with one attached hydrogen (secondary N) is 3. The number of rotatable bonds is 7. The van der Waals surface area contributed by atoms with E-state index in [1.54, 1.807) is 36.8 Å². The molecule has 3 heterocycles. The highest BCUT2D eigenvalue weighted by molar-refractivity contribution is 6.05. The molecular formula is C28H24F3N7O. The predicted octanol–water partition coefficient (Wildman–Crippen LogP) is 6.10. The fourth-order valence-corrected chi connectivity index (χ4v) is 4.12. The summed E-state index contributed by atoms with van der Waals surface area (Å²) in [4.78, 5) is 31.7. The Labute approximate surface area is 221 Å². The minimum Gasteiger partial charge on any atom is -0.358 e. The lowest BCUT2D eigenvalue weighted by molar-refractivity contribution is -0.137. The van der Waals surface area contributed by atoms with Crippen LogP contribution in [0.5, 0.6) is 0 Å². The van der Waals surface area contributed by atoms with Gasteiger partial charge in [0.05, 0.1) is 16.6 Å². The number of carbonyl (C=O) groups excluding carboxylic acids is 1. The van der Waals surface area contributed by atoms with Crippen molar-refractivity contribution < 1.29 is 18.0 Å². The van der Waals surface area contributed by atoms with Crippen LogP contribution in [-0.4, -0.2) is 44.8 Å². The van der Waals surface area contributed by atoms with Gasteiger partial charge in [0.25, 0.3) is 5.91 Å². The third-order valence-corrected chi connectivity index (χ3v) is 5.89. The minimum absolute atomic E-state index is 0.0454. The van der Waals surface area contributed by atoms with Gasteiger partial charge in [-0.25, -0.2) is 9.97 Å². The van der Waals surface area contributed by atoms with E-state index >= 15 is 0 Å². The van der Waals surface area contributed by atoms with E-state index in [-0.39, 0.29) is 11.3 Å². The van der Waals surface area contributed by atoms with Crippen molar-refractivity contribution in [2.24, 2.45) is 0 Å². The van der Waals surface area contributed by atoms with Crippen molar-refractivity contribution in [1.29, 1.82) is 0 Å². The van der Waals surface area contributed by atoms with Gasteiger partial charge in [-0.3, -0.25) is 9.78 Å². The number of hydrogen-bond acceptors (Lipinski definition) is 6. The lowest BCUT2D eigenvalue weighted by Crippen LogP contribution is -2.16. The standard InChI is InChI=1S/C28H24F3N7O/c1-38(2)16-19-9-8-17(26(39)34-21-7-3-6-20(14-21)28(29,30)31)13-23(19)36-27-35-22-10-12-33-25(22)24(37-27)18-5-4-11-32-15-18/h3-15,33H,16H2,1-2H3,(H,34,39)(H,35,36,37). The van der Waals surface area contributed by atoms with Crippen molar-refractivity contribution in [2.45, 2.75) is 12.7 Å². The molecule has 198 valence electrons. The second-order valence-corrected chi connectivity index (χ2v) is 9.14. The molecule has 2 aromatic carbocycles. The Morgan fingerprint density at radius 2 is 1.87 bits per heavy atom. The zero-order valence-electron chi connectivity index (χ0n) is 21.0. The van der Waals surface area contributed by atoms with Crippen molar-refractivity contribution in [1.82, 2.24) is 24.8 Å². The average Bonchev–Trinajstić information content (AvgIpc) is 3.38. The van der Waals surface area contributed by atoms with E-state index in [9.17, 15) is 18.0 Å². The molecule has 0 aliphatic heterocycles. The van der Waals surface area contributed by atoms with Crippen molar-refractivity contribution >= 4 is 34.3 Å². The molecule has 0 atom stereocenters. The second kappa shape index (κ2) is 10.5. The highest BCUT2D eigenvalue weighted by Gasteiger charge is 2.30. The molecule has 0 bridgehead atoms. The van der Waals surface area contributed by atoms with Gasteiger partial charge in [0.15, 0.2) is 0 Å². The Morgan fingerprint density at radius 3 is 2.62 bits per heavy atom. The van der Waals surface area contributed by atoms with Crippen LogP contribution in [0.15, 0.2) is 79.3 Å². The molecule has 8 nitrogen and oxygen atoms in total. The van der Waals surface area contributed by atoms with Gasteiger partial charge in [-0.15, -0.1) is 0 Å². The van der Waals surface area contributed by atoms with Crippen molar-refractivity contribution in [3.63, 3.8) is 0 Å². The fourth-order valence-electron chi connectivity index (χ4n) is 4.12. The van der Waals surface area contributed by atoms with Crippen LogP contribution in [0.1, 0.15) is 21.5 Å². The number of fused-ring (bicyclic) bond motifs is 1. The monoisotopic (exact) mass is 531 g/mol. The number of aromatic nitrogens is 4. The first-order valence-electron chi connectivity index (χ1n) is 12.0. The van der Waals surface area contributed by atoms with E-state index in [1.165, 1.54) is 12.1 Å². The molecule has 0 aliphatic rings. The average molecular weight is 532 g/mol. The topological polar surface area (TPSA) is 98.8 Å². The number of nitrogens with zero attached hydrogens (tertiary/aromatic N) is 4. The number of halogens is 3. The maximum absolute atomic E-state index is 13.1. The molecular weight excluding hydrogens is 507 g/mol. The summed E-state index contributed by atoms with van der Waals surface area (Å²) >= 11 is 0. The predicted molar refractivity (Wildman–Crippen MR) is 144 cm³/mol. The van der Waals surface area contributed by atoms with Crippen LogP contribution < -0.4 is 10.6 Å². The minimum atomic E-state index is -4.51. The molecule has 3 aromatic heterocycles. The maximum Gasteiger partial charge on any atom is 0.416 e. The van der Waals surface area contributed by atoms with Crippen molar-refractivity contribution in [3.8, 4) is 11.3 Å². The van der Waals surface area contributed by atoms with E-state index in [2.05, 4.69) is 25.6 Å². The van der Waals surface area contributed by atoms with Gasteiger partial charge in [-0.05, 0) is 68.2 Å². The largest absolute Gasteiger partial charge is 0.416 e. The van der Waals surface area contributed by atoms with Gasteiger partial charge in [-0.2, -0.15) is 13.2 Å². The molecule has 0 spiro atoms. The quantitative estimate of drug-likeness (QED) is 0.235. The third-order valence-electron chi connectivity index (χ3n) is 5.89. The molecule has 3 N–H and O–H groups in total. The van der Waals surface area contributed by atoms with E-state index in [4.69, 9.17) is 4.98 Å². The zero-order chi connectivity index (χ0) is 27.6. The summed E-state index contributed by atoms with van der Waals surface area (Å²) in [5.41, 5.74) is 3.84. The van der Waals surface area contributed by atoms with Gasteiger partial charge >= 0.3 is 6.18 Å². The lowest BCUT2D eigenvalue weighted by atomic mass is 10.1. The molecule has 0 radical (unpaired) electrons. The first-order chi connectivity index (χ1) is 18.7. The van der Waals surface area contributed by atoms with Gasteiger partial charge in [0.1, 0.15) is 5.69 Å². The van der Waals surface area contributed by atoms with Crippen LogP contribution >= 0.6 is 0 Å². The van der Waals surface area contributed by atoms with Gasteiger partial charge in [-0.1, -0.05) is 12.1 Å². The normalized spacial score (nSPS) is 11.6. The summed E-state index contributed by atoms with van der Waals surface area (Å²) in [7, 11) is 3.84. The Morgan fingerprint density at radius 1 is 1.03 bits per heavy atom. The Bertz CT molecular complexity index is 1630. The number of anilines is 3. The van der Waals surface area contributed by atoms with E-state index < -0.39 is 17.6 Å². The first kappa shape index (κ1) is 25.9. The first-order valence-corrected chi connectivity index (χ1v) is 12.0. The van der Waals surface area contributed by atoms with Gasteiger partial charge < -0.3 is 20.5 Å². The third kappa shape index (κ3) is 5.88. The number of amides is 1. The number of hydrogen-bond donors (Lipinski definition) is 3. The number of carbonyl (C=O) groups is 1. The summed E-state index contributed by atoms with van der Waals surface area (Å²) in [6, 6.07) is 15.1. The van der Waals surface area contributed by atoms with Crippen LogP contribution in [0.25, 0.3) is 22.3 Å². The number of benzene rings is 2. The van der Waals surface area contributed by atoms with E-state index in [1.807, 2.05) is 37.2 Å². The molecule has 0 aliphatic carbocycles. The van der Waals surface area contributed by atoms with Crippen molar-refractivity contribution in [2.75, 3.05) is 24.7 Å². The molecule has 0 saturated carbocycles. The van der Waals surface area contributed by atoms with Gasteiger partial charge in [0.2, 0.25) is 5.95 Å². The van der Waals surface area contributed by atoms with Crippen LogP contribution in [0, 0.1) is 0 Å². The van der Waals surface area contributed by atoms with Crippen LogP contribution in [0.2, 0.25) is 0 Å². The van der Waals surface area contributed by atoms with E-state index in [0.717, 1.165) is 28.8 Å². The second-order valence-electron chi connectivity index (χ2n) is 9.14. The molecule has 0 unspecified atom stereocenters. The summed E-state index contributed by atoms with van der Waals surface area (Å²) in [6.45, 7) is 0.555. The Balaban J connectivity index is 1.49. The SMILES string of the molecule is CN(C)Cc1ccc(C(=O)Nc2cccc(C(F)(F)F)c2)cc1Nc1nc(-c2cccnc2)c2[nH]ccc2n1. The number of H-pyrrole nitrogens is 1. The van der Waals surface area contributed by atoms with E-state index in [0.29, 0.717) is 29.4 Å². The van der Waals surface area contributed by atoms with Crippen LogP contribution in [0.4, 0.5) is 30.5 Å². The summed E-state index contributed by atoms with van der Waals surface area (Å²) in [5.74, 6) is -0.233. The highest BCUT2D eigenvalue weighted by Crippen LogP contribution is 2.31. The number of alkyl halides is 3. The van der Waals surface area contributed by atoms with Crippen LogP contribution in [-0.2, 0) is 12.7 Å². The van der Waals surface area contributed by atoms with Crippen LogP contribution in [0.3, 0.4) is 0 Å². The summed E-state index contributed by atoms with van der Waals surface area (Å²) in [5, 5.41) is 5.80. The number of aromatic amines is 1. The lowest BCUT2D eigenvalue weighted by Gasteiger charge is -2.17.